The molecule has 1 heterocycles. The Morgan fingerprint density at radius 1 is 0.897 bits per heavy atom. The molecule has 39 heavy (non-hydrogen) atoms. The molecule has 1 aromatic heterocycles. The van der Waals surface area contributed by atoms with E-state index in [4.69, 9.17) is 10.2 Å². The van der Waals surface area contributed by atoms with E-state index in [1.54, 1.807) is 24.3 Å². The lowest BCUT2D eigenvalue weighted by Crippen LogP contribution is -2.51. The van der Waals surface area contributed by atoms with Gasteiger partial charge in [-0.15, -0.1) is 13.2 Å². The molecule has 4 saturated carbocycles. The standard InChI is InChI=1S/C18H21NO3.C10H6F3NO3/c20-16(21)14-2-1-3-15(7-14)19-17(22)18-8-11-4-12(9-18)6-13(5-11)10-18;11-10(12,13)17-6-1-2-7-5(3-6)4-8(14-7)9(15)16/h1-3,7,11-13H,4-6,8-10H2,(H,19,22)(H,20,21);1-4,14H,(H,15,16). The summed E-state index contributed by atoms with van der Waals surface area (Å²) >= 11 is 0. The first-order valence-electron chi connectivity index (χ1n) is 12.7. The van der Waals surface area contributed by atoms with Crippen molar-refractivity contribution in [2.45, 2.75) is 44.9 Å². The minimum atomic E-state index is -4.76. The summed E-state index contributed by atoms with van der Waals surface area (Å²) in [5.74, 6) is -0.257. The molecule has 4 aliphatic rings. The highest BCUT2D eigenvalue weighted by Gasteiger charge is 2.54. The Bertz CT molecular complexity index is 1390. The molecule has 206 valence electrons. The lowest BCUT2D eigenvalue weighted by molar-refractivity contribution is -0.274. The molecule has 0 aliphatic heterocycles. The Morgan fingerprint density at radius 2 is 1.54 bits per heavy atom. The molecule has 7 rings (SSSR count). The number of carboxylic acids is 2. The van der Waals surface area contributed by atoms with Crippen LogP contribution in [0.15, 0.2) is 48.5 Å². The Morgan fingerprint density at radius 3 is 2.10 bits per heavy atom. The van der Waals surface area contributed by atoms with E-state index in [9.17, 15) is 27.6 Å². The molecule has 3 aromatic rings. The number of carbonyl (C=O) groups is 3. The van der Waals surface area contributed by atoms with Gasteiger partial charge in [0, 0.05) is 16.6 Å². The number of carboxylic acid groups (broad SMARTS) is 2. The van der Waals surface area contributed by atoms with Crippen molar-refractivity contribution in [1.82, 2.24) is 4.98 Å². The fourth-order valence-corrected chi connectivity index (χ4v) is 6.81. The fraction of sp³-hybridized carbons (Fsp3) is 0.393. The number of aromatic carboxylic acids is 2. The van der Waals surface area contributed by atoms with Crippen LogP contribution in [0.2, 0.25) is 0 Å². The highest BCUT2D eigenvalue weighted by Crippen LogP contribution is 2.60. The molecule has 0 atom stereocenters. The van der Waals surface area contributed by atoms with Gasteiger partial charge in [0.1, 0.15) is 11.4 Å². The number of nitrogens with one attached hydrogen (secondary N) is 2. The number of halogens is 3. The quantitative estimate of drug-likeness (QED) is 0.298. The number of H-pyrrole nitrogens is 1. The molecule has 4 N–H and O–H groups in total. The molecule has 4 bridgehead atoms. The molecule has 4 aliphatic carbocycles. The van der Waals surface area contributed by atoms with Gasteiger partial charge in [-0.2, -0.15) is 0 Å². The number of fused-ring (bicyclic) bond motifs is 1. The van der Waals surface area contributed by atoms with E-state index >= 15 is 0 Å². The van der Waals surface area contributed by atoms with Crippen LogP contribution in [0.4, 0.5) is 18.9 Å². The predicted octanol–water partition coefficient (Wildman–Crippen LogP) is 6.30. The van der Waals surface area contributed by atoms with E-state index in [2.05, 4.69) is 15.0 Å². The van der Waals surface area contributed by atoms with Gasteiger partial charge in [0.2, 0.25) is 5.91 Å². The van der Waals surface area contributed by atoms with Crippen LogP contribution in [0.1, 0.15) is 59.4 Å². The second-order valence-corrected chi connectivity index (χ2v) is 10.8. The second kappa shape index (κ2) is 9.94. The second-order valence-electron chi connectivity index (χ2n) is 10.8. The highest BCUT2D eigenvalue weighted by molar-refractivity contribution is 5.97. The Balaban J connectivity index is 0.000000164. The normalized spacial score (nSPS) is 25.1. The van der Waals surface area contributed by atoms with Crippen LogP contribution in [-0.2, 0) is 4.79 Å². The van der Waals surface area contributed by atoms with Crippen molar-refractivity contribution < 1.29 is 42.5 Å². The van der Waals surface area contributed by atoms with E-state index in [0.29, 0.717) is 16.6 Å². The Hall–Kier alpha value is -4.02. The van der Waals surface area contributed by atoms with Crippen molar-refractivity contribution in [2.75, 3.05) is 5.32 Å². The zero-order valence-corrected chi connectivity index (χ0v) is 20.8. The average Bonchev–Trinajstić information content (AvgIpc) is 3.27. The molecule has 0 saturated heterocycles. The maximum absolute atomic E-state index is 12.9. The van der Waals surface area contributed by atoms with Gasteiger partial charge in [0.25, 0.3) is 0 Å². The third kappa shape index (κ3) is 5.86. The van der Waals surface area contributed by atoms with Gasteiger partial charge in [0.15, 0.2) is 0 Å². The molecular weight excluding hydrogens is 517 g/mol. The summed E-state index contributed by atoms with van der Waals surface area (Å²) in [6, 6.07) is 11.3. The zero-order chi connectivity index (χ0) is 27.9. The average molecular weight is 545 g/mol. The zero-order valence-electron chi connectivity index (χ0n) is 20.8. The number of aromatic nitrogens is 1. The van der Waals surface area contributed by atoms with E-state index in [1.165, 1.54) is 31.4 Å². The lowest BCUT2D eigenvalue weighted by atomic mass is 9.49. The van der Waals surface area contributed by atoms with E-state index in [1.807, 2.05) is 0 Å². The summed E-state index contributed by atoms with van der Waals surface area (Å²) in [7, 11) is 0. The SMILES string of the molecule is O=C(O)c1cc2cc(OC(F)(F)F)ccc2[nH]1.O=C(O)c1cccc(NC(=O)C23CC4CC(CC(C4)C2)C3)c1. The first kappa shape index (κ1) is 26.6. The topological polar surface area (TPSA) is 129 Å². The molecule has 8 nitrogen and oxygen atoms in total. The molecule has 11 heteroatoms. The smallest absolute Gasteiger partial charge is 0.478 e. The number of hydrogen-bond acceptors (Lipinski definition) is 4. The van der Waals surface area contributed by atoms with Crippen molar-refractivity contribution >= 4 is 34.4 Å². The summed E-state index contributed by atoms with van der Waals surface area (Å²) in [5, 5.41) is 21.1. The number of aromatic amines is 1. The monoisotopic (exact) mass is 544 g/mol. The summed E-state index contributed by atoms with van der Waals surface area (Å²) in [6.07, 6.45) is 2.21. The van der Waals surface area contributed by atoms with Crippen molar-refractivity contribution in [1.29, 1.82) is 0 Å². The van der Waals surface area contributed by atoms with Gasteiger partial charge in [-0.1, -0.05) is 6.07 Å². The van der Waals surface area contributed by atoms with Gasteiger partial charge >= 0.3 is 18.3 Å². The van der Waals surface area contributed by atoms with Crippen molar-refractivity contribution in [3.63, 3.8) is 0 Å². The minimum absolute atomic E-state index is 0.0934. The van der Waals surface area contributed by atoms with Gasteiger partial charge in [-0.05, 0) is 98.7 Å². The number of amides is 1. The summed E-state index contributed by atoms with van der Waals surface area (Å²) in [4.78, 5) is 37.1. The molecule has 4 fully saturated rings. The van der Waals surface area contributed by atoms with E-state index in [-0.39, 0.29) is 28.3 Å². The maximum Gasteiger partial charge on any atom is 0.573 e. The first-order chi connectivity index (χ1) is 18.4. The largest absolute Gasteiger partial charge is 0.573 e. The molecule has 0 radical (unpaired) electrons. The minimum Gasteiger partial charge on any atom is -0.478 e. The fourth-order valence-electron chi connectivity index (χ4n) is 6.81. The first-order valence-corrected chi connectivity index (χ1v) is 12.7. The van der Waals surface area contributed by atoms with Crippen LogP contribution in [0.3, 0.4) is 0 Å². The van der Waals surface area contributed by atoms with E-state index < -0.39 is 18.3 Å². The van der Waals surface area contributed by atoms with Gasteiger partial charge < -0.3 is 25.3 Å². The molecule has 0 unspecified atom stereocenters. The summed E-state index contributed by atoms with van der Waals surface area (Å²) < 4.78 is 39.6. The lowest BCUT2D eigenvalue weighted by Gasteiger charge is -2.55. The van der Waals surface area contributed by atoms with Crippen molar-refractivity contribution in [3.05, 3.63) is 59.8 Å². The molecule has 2 aromatic carbocycles. The Kier molecular flexibility index (Phi) is 6.77. The number of alkyl halides is 3. The van der Waals surface area contributed by atoms with Gasteiger partial charge in [-0.3, -0.25) is 4.79 Å². The number of carbonyl (C=O) groups excluding carboxylic acids is 1. The highest BCUT2D eigenvalue weighted by atomic mass is 19.4. The molecule has 1 amide bonds. The van der Waals surface area contributed by atoms with Crippen LogP contribution in [0, 0.1) is 23.2 Å². The van der Waals surface area contributed by atoms with Crippen LogP contribution >= 0.6 is 0 Å². The molecule has 0 spiro atoms. The predicted molar refractivity (Wildman–Crippen MR) is 135 cm³/mol. The molecular formula is C28H27F3N2O6. The number of anilines is 1. The van der Waals surface area contributed by atoms with Crippen molar-refractivity contribution in [2.24, 2.45) is 23.2 Å². The summed E-state index contributed by atoms with van der Waals surface area (Å²) in [6.45, 7) is 0. The van der Waals surface area contributed by atoms with Crippen LogP contribution in [0.25, 0.3) is 10.9 Å². The number of ether oxygens (including phenoxy) is 1. The van der Waals surface area contributed by atoms with Crippen molar-refractivity contribution in [3.8, 4) is 5.75 Å². The van der Waals surface area contributed by atoms with Crippen LogP contribution in [-0.4, -0.2) is 39.4 Å². The number of rotatable bonds is 5. The maximum atomic E-state index is 12.9. The Labute approximate surface area is 221 Å². The summed E-state index contributed by atoms with van der Waals surface area (Å²) in [5.41, 5.74) is 0.943. The van der Waals surface area contributed by atoms with E-state index in [0.717, 1.165) is 49.1 Å². The number of hydrogen-bond donors (Lipinski definition) is 4. The van der Waals surface area contributed by atoms with Gasteiger partial charge in [0.05, 0.1) is 11.0 Å². The third-order valence-electron chi connectivity index (χ3n) is 7.94. The number of benzene rings is 2. The van der Waals surface area contributed by atoms with Crippen LogP contribution in [0.5, 0.6) is 5.75 Å². The third-order valence-corrected chi connectivity index (χ3v) is 7.94. The van der Waals surface area contributed by atoms with Crippen LogP contribution < -0.4 is 10.1 Å². The van der Waals surface area contributed by atoms with Gasteiger partial charge in [-0.25, -0.2) is 9.59 Å².